The van der Waals surface area contributed by atoms with Crippen LogP contribution in [0.5, 0.6) is 5.75 Å². The summed E-state index contributed by atoms with van der Waals surface area (Å²) >= 11 is 0. The number of imidazole rings is 1. The first-order valence-corrected chi connectivity index (χ1v) is 6.33. The first kappa shape index (κ1) is 15.5. The predicted octanol–water partition coefficient (Wildman–Crippen LogP) is 2.22. The average Bonchev–Trinajstić information content (AvgIpc) is 2.96. The van der Waals surface area contributed by atoms with E-state index in [1.54, 1.807) is 6.07 Å². The van der Waals surface area contributed by atoms with Crippen LogP contribution >= 0.6 is 0 Å². The number of hydrogen-bond acceptors (Lipinski definition) is 4. The van der Waals surface area contributed by atoms with E-state index in [1.807, 2.05) is 0 Å². The fraction of sp³-hybridized carbons (Fsp3) is 0.0714. The normalized spacial score (nSPS) is 11.6. The van der Waals surface area contributed by atoms with Crippen molar-refractivity contribution in [2.75, 3.05) is 0 Å². The summed E-state index contributed by atoms with van der Waals surface area (Å²) < 4.78 is 54.3. The van der Waals surface area contributed by atoms with Crippen molar-refractivity contribution in [1.82, 2.24) is 14.0 Å². The molecule has 0 saturated heterocycles. The zero-order chi connectivity index (χ0) is 17.6. The second kappa shape index (κ2) is 5.09. The summed E-state index contributed by atoms with van der Waals surface area (Å²) in [7, 11) is 0. The molecular weight excluding hydrogens is 332 g/mol. The van der Waals surface area contributed by atoms with E-state index in [0.717, 1.165) is 18.5 Å². The van der Waals surface area contributed by atoms with E-state index in [1.165, 1.54) is 0 Å². The quantitative estimate of drug-likeness (QED) is 0.690. The molecule has 0 spiro atoms. The zero-order valence-electron chi connectivity index (χ0n) is 11.5. The first-order valence-electron chi connectivity index (χ1n) is 6.33. The van der Waals surface area contributed by atoms with Gasteiger partial charge in [-0.25, -0.2) is 13.9 Å². The first-order chi connectivity index (χ1) is 11.2. The van der Waals surface area contributed by atoms with E-state index >= 15 is 0 Å². The van der Waals surface area contributed by atoms with Crippen molar-refractivity contribution in [3.05, 3.63) is 58.0 Å². The number of alkyl halides is 3. The monoisotopic (exact) mass is 338 g/mol. The van der Waals surface area contributed by atoms with Gasteiger partial charge in [-0.2, -0.15) is 18.4 Å². The Kier molecular flexibility index (Phi) is 3.30. The van der Waals surface area contributed by atoms with Crippen LogP contribution in [0.4, 0.5) is 17.6 Å². The summed E-state index contributed by atoms with van der Waals surface area (Å²) in [6.45, 7) is 0. The number of benzene rings is 1. The summed E-state index contributed by atoms with van der Waals surface area (Å²) in [5.74, 6) is -2.18. The van der Waals surface area contributed by atoms with E-state index in [0.29, 0.717) is 21.1 Å². The molecule has 1 aromatic carbocycles. The standard InChI is InChI=1S/C14H6F4N4O2/c15-8-3-7(6-19)10(23)4-9(8)22-12(24)5-11(14(16,17)18)21-2-1-20-13(21)22/h1-5,23H. The molecule has 0 atom stereocenters. The smallest absolute Gasteiger partial charge is 0.432 e. The largest absolute Gasteiger partial charge is 0.506 e. The number of nitrogens with zero attached hydrogens (tertiary/aromatic N) is 4. The molecule has 0 bridgehead atoms. The Morgan fingerprint density at radius 3 is 2.58 bits per heavy atom. The second-order valence-electron chi connectivity index (χ2n) is 4.73. The van der Waals surface area contributed by atoms with Gasteiger partial charge < -0.3 is 5.11 Å². The molecule has 24 heavy (non-hydrogen) atoms. The fourth-order valence-electron chi connectivity index (χ4n) is 2.26. The summed E-state index contributed by atoms with van der Waals surface area (Å²) in [6, 6.07) is 3.29. The van der Waals surface area contributed by atoms with Crippen molar-refractivity contribution in [1.29, 1.82) is 5.26 Å². The van der Waals surface area contributed by atoms with Gasteiger partial charge in [-0.3, -0.25) is 9.20 Å². The molecule has 2 aromatic heterocycles. The van der Waals surface area contributed by atoms with E-state index in [4.69, 9.17) is 5.26 Å². The van der Waals surface area contributed by atoms with Crippen molar-refractivity contribution >= 4 is 5.78 Å². The van der Waals surface area contributed by atoms with Gasteiger partial charge in [0.15, 0.2) is 0 Å². The molecule has 0 aliphatic rings. The van der Waals surface area contributed by atoms with Crippen LogP contribution < -0.4 is 5.56 Å². The predicted molar refractivity (Wildman–Crippen MR) is 72.1 cm³/mol. The van der Waals surface area contributed by atoms with Crippen LogP contribution in [0.25, 0.3) is 11.5 Å². The van der Waals surface area contributed by atoms with Crippen molar-refractivity contribution in [2.24, 2.45) is 0 Å². The maximum Gasteiger partial charge on any atom is 0.432 e. The molecule has 2 heterocycles. The Labute approximate surface area is 130 Å². The third kappa shape index (κ3) is 2.26. The molecule has 3 rings (SSSR count). The molecule has 0 radical (unpaired) electrons. The van der Waals surface area contributed by atoms with Crippen molar-refractivity contribution in [2.45, 2.75) is 6.18 Å². The van der Waals surface area contributed by atoms with Crippen LogP contribution in [-0.2, 0) is 6.18 Å². The highest BCUT2D eigenvalue weighted by atomic mass is 19.4. The SMILES string of the molecule is N#Cc1cc(F)c(-n2c(=O)cc(C(F)(F)F)n3ccnc23)cc1O. The third-order valence-electron chi connectivity index (χ3n) is 3.28. The number of phenols is 1. The number of rotatable bonds is 1. The Morgan fingerprint density at radius 1 is 1.25 bits per heavy atom. The number of hydrogen-bond donors (Lipinski definition) is 1. The number of nitriles is 1. The number of aromatic hydroxyl groups is 1. The van der Waals surface area contributed by atoms with Gasteiger partial charge in [0, 0.05) is 24.5 Å². The molecular formula is C14H6F4N4O2. The Hall–Kier alpha value is -3.35. The molecule has 0 aliphatic heterocycles. The van der Waals surface area contributed by atoms with E-state index in [9.17, 15) is 27.5 Å². The number of fused-ring (bicyclic) bond motifs is 1. The van der Waals surface area contributed by atoms with Gasteiger partial charge in [-0.15, -0.1) is 0 Å². The van der Waals surface area contributed by atoms with Crippen molar-refractivity contribution in [3.63, 3.8) is 0 Å². The molecule has 6 nitrogen and oxygen atoms in total. The maximum atomic E-state index is 14.2. The summed E-state index contributed by atoms with van der Waals surface area (Å²) in [4.78, 5) is 15.8. The molecule has 0 amide bonds. The lowest BCUT2D eigenvalue weighted by atomic mass is 10.2. The molecule has 0 fully saturated rings. The topological polar surface area (TPSA) is 83.3 Å². The van der Waals surface area contributed by atoms with Crippen LogP contribution in [-0.4, -0.2) is 19.1 Å². The highest BCUT2D eigenvalue weighted by molar-refractivity contribution is 5.54. The molecule has 122 valence electrons. The van der Waals surface area contributed by atoms with Crippen molar-refractivity contribution in [3.8, 4) is 17.5 Å². The molecule has 0 saturated carbocycles. The zero-order valence-corrected chi connectivity index (χ0v) is 11.5. The molecule has 0 aliphatic carbocycles. The van der Waals surface area contributed by atoms with E-state index < -0.39 is 40.5 Å². The minimum Gasteiger partial charge on any atom is -0.506 e. The third-order valence-corrected chi connectivity index (χ3v) is 3.28. The lowest BCUT2D eigenvalue weighted by Gasteiger charge is -2.14. The van der Waals surface area contributed by atoms with E-state index in [-0.39, 0.29) is 5.56 Å². The van der Waals surface area contributed by atoms with Crippen LogP contribution in [0.1, 0.15) is 11.3 Å². The average molecular weight is 338 g/mol. The number of aromatic nitrogens is 3. The second-order valence-corrected chi connectivity index (χ2v) is 4.73. The Morgan fingerprint density at radius 2 is 1.96 bits per heavy atom. The van der Waals surface area contributed by atoms with Gasteiger partial charge in [-0.05, 0) is 6.07 Å². The molecule has 3 aromatic rings. The Balaban J connectivity index is 2.40. The van der Waals surface area contributed by atoms with Crippen LogP contribution in [0, 0.1) is 17.1 Å². The molecule has 1 N–H and O–H groups in total. The lowest BCUT2D eigenvalue weighted by molar-refractivity contribution is -0.142. The van der Waals surface area contributed by atoms with Crippen LogP contribution in [0.15, 0.2) is 35.4 Å². The lowest BCUT2D eigenvalue weighted by Crippen LogP contribution is -2.26. The molecule has 0 unspecified atom stereocenters. The highest BCUT2D eigenvalue weighted by Gasteiger charge is 2.35. The summed E-state index contributed by atoms with van der Waals surface area (Å²) in [5, 5.41) is 18.4. The summed E-state index contributed by atoms with van der Waals surface area (Å²) in [6.07, 6.45) is -2.83. The van der Waals surface area contributed by atoms with Gasteiger partial charge in [-0.1, -0.05) is 0 Å². The summed E-state index contributed by atoms with van der Waals surface area (Å²) in [5.41, 5.74) is -3.37. The van der Waals surface area contributed by atoms with Crippen LogP contribution in [0.2, 0.25) is 0 Å². The van der Waals surface area contributed by atoms with Crippen LogP contribution in [0.3, 0.4) is 0 Å². The minimum atomic E-state index is -4.82. The highest BCUT2D eigenvalue weighted by Crippen LogP contribution is 2.30. The fourth-order valence-corrected chi connectivity index (χ4v) is 2.26. The van der Waals surface area contributed by atoms with Gasteiger partial charge in [0.2, 0.25) is 5.78 Å². The number of phenolic OH excluding ortho intramolecular Hbond substituents is 1. The van der Waals surface area contributed by atoms with Gasteiger partial charge in [0.1, 0.15) is 23.3 Å². The number of halogens is 4. The van der Waals surface area contributed by atoms with Gasteiger partial charge >= 0.3 is 6.18 Å². The molecule has 10 heteroatoms. The Bertz CT molecular complexity index is 1060. The van der Waals surface area contributed by atoms with Gasteiger partial charge in [0.25, 0.3) is 5.56 Å². The van der Waals surface area contributed by atoms with Gasteiger partial charge in [0.05, 0.1) is 11.3 Å². The van der Waals surface area contributed by atoms with Crippen molar-refractivity contribution < 1.29 is 22.7 Å². The van der Waals surface area contributed by atoms with E-state index in [2.05, 4.69) is 4.98 Å². The maximum absolute atomic E-state index is 14.2. The minimum absolute atomic E-state index is 0.295.